The fourth-order valence-electron chi connectivity index (χ4n) is 0.618. The lowest BCUT2D eigenvalue weighted by Crippen LogP contribution is -2.01. The second kappa shape index (κ2) is 5.27. The normalized spacial score (nSPS) is 10.0. The number of carbonyl (C=O) groups is 1. The molecular formula is C8H15O2. The maximum Gasteiger partial charge on any atom is 0.309 e. The highest BCUT2D eigenvalue weighted by Gasteiger charge is 2.00. The molecule has 1 radical (unpaired) electrons. The lowest BCUT2D eigenvalue weighted by molar-refractivity contribution is -0.136. The van der Waals surface area contributed by atoms with Gasteiger partial charge in [0, 0.05) is 0 Å². The highest BCUT2D eigenvalue weighted by Crippen LogP contribution is 2.05. The Labute approximate surface area is 62.6 Å². The molecule has 0 rings (SSSR count). The van der Waals surface area contributed by atoms with E-state index in [1.54, 1.807) is 6.42 Å². The number of hydrogen-bond donors (Lipinski definition) is 0. The predicted molar refractivity (Wildman–Crippen MR) is 40.4 cm³/mol. The molecule has 0 N–H and O–H groups in total. The van der Waals surface area contributed by atoms with E-state index in [0.717, 1.165) is 12.8 Å². The Kier molecular flexibility index (Phi) is 4.99. The number of esters is 1. The summed E-state index contributed by atoms with van der Waals surface area (Å²) in [4.78, 5) is 10.5. The highest BCUT2D eigenvalue weighted by molar-refractivity contribution is 5.78. The molecule has 0 spiro atoms. The lowest BCUT2D eigenvalue weighted by Gasteiger charge is -2.01. The van der Waals surface area contributed by atoms with Gasteiger partial charge >= 0.3 is 5.97 Å². The minimum atomic E-state index is -0.222. The molecule has 0 amide bonds. The van der Waals surface area contributed by atoms with Gasteiger partial charge in [0.2, 0.25) is 0 Å². The average molecular weight is 143 g/mol. The van der Waals surface area contributed by atoms with Gasteiger partial charge in [-0.1, -0.05) is 20.3 Å². The van der Waals surface area contributed by atoms with E-state index in [1.807, 2.05) is 0 Å². The van der Waals surface area contributed by atoms with E-state index < -0.39 is 0 Å². The quantitative estimate of drug-likeness (QED) is 0.561. The van der Waals surface area contributed by atoms with Gasteiger partial charge in [-0.05, 0) is 12.3 Å². The second-order valence-electron chi connectivity index (χ2n) is 2.70. The summed E-state index contributed by atoms with van der Waals surface area (Å²) < 4.78 is 4.44. The molecule has 59 valence electrons. The predicted octanol–water partition coefficient (Wildman–Crippen LogP) is 1.80. The third-order valence-electron chi connectivity index (χ3n) is 1.26. The van der Waals surface area contributed by atoms with Crippen LogP contribution in [0.4, 0.5) is 0 Å². The van der Waals surface area contributed by atoms with Crippen molar-refractivity contribution in [2.75, 3.05) is 7.11 Å². The highest BCUT2D eigenvalue weighted by atomic mass is 16.5. The SMILES string of the molecule is COC(=O)[CH]CCC(C)C. The number of methoxy groups -OCH3 is 1. The van der Waals surface area contributed by atoms with Crippen LogP contribution in [0.3, 0.4) is 0 Å². The molecule has 0 aromatic rings. The molecule has 0 aromatic heterocycles. The largest absolute Gasteiger partial charge is 0.469 e. The Hall–Kier alpha value is -0.530. The first-order valence-corrected chi connectivity index (χ1v) is 3.58. The topological polar surface area (TPSA) is 26.3 Å². The molecule has 10 heavy (non-hydrogen) atoms. The summed E-state index contributed by atoms with van der Waals surface area (Å²) in [5.41, 5.74) is 0. The maximum absolute atomic E-state index is 10.5. The summed E-state index contributed by atoms with van der Waals surface area (Å²) in [6.07, 6.45) is 3.46. The van der Waals surface area contributed by atoms with E-state index in [4.69, 9.17) is 0 Å². The zero-order valence-electron chi connectivity index (χ0n) is 6.89. The zero-order valence-corrected chi connectivity index (χ0v) is 6.89. The van der Waals surface area contributed by atoms with Crippen LogP contribution < -0.4 is 0 Å². The smallest absolute Gasteiger partial charge is 0.309 e. The number of hydrogen-bond acceptors (Lipinski definition) is 2. The van der Waals surface area contributed by atoms with E-state index in [1.165, 1.54) is 7.11 Å². The summed E-state index contributed by atoms with van der Waals surface area (Å²) in [6, 6.07) is 0. The minimum Gasteiger partial charge on any atom is -0.469 e. The van der Waals surface area contributed by atoms with E-state index in [9.17, 15) is 4.79 Å². The van der Waals surface area contributed by atoms with E-state index >= 15 is 0 Å². The number of rotatable bonds is 4. The van der Waals surface area contributed by atoms with Crippen molar-refractivity contribution in [2.45, 2.75) is 26.7 Å². The van der Waals surface area contributed by atoms with Crippen LogP contribution in [0.1, 0.15) is 26.7 Å². The Morgan fingerprint density at radius 2 is 2.20 bits per heavy atom. The summed E-state index contributed by atoms with van der Waals surface area (Å²) in [5, 5.41) is 0. The van der Waals surface area contributed by atoms with Crippen LogP contribution in [0.5, 0.6) is 0 Å². The molecule has 0 saturated heterocycles. The third kappa shape index (κ3) is 5.60. The fraction of sp³-hybridized carbons (Fsp3) is 0.750. The van der Waals surface area contributed by atoms with Crippen LogP contribution in [0.15, 0.2) is 0 Å². The molecule has 0 aromatic carbocycles. The molecule has 0 aliphatic heterocycles. The van der Waals surface area contributed by atoms with Crippen LogP contribution in [-0.2, 0) is 9.53 Å². The lowest BCUT2D eigenvalue weighted by atomic mass is 10.1. The van der Waals surface area contributed by atoms with Crippen molar-refractivity contribution in [3.8, 4) is 0 Å². The summed E-state index contributed by atoms with van der Waals surface area (Å²) in [7, 11) is 1.40. The van der Waals surface area contributed by atoms with E-state index in [0.29, 0.717) is 5.92 Å². The van der Waals surface area contributed by atoms with Crippen molar-refractivity contribution < 1.29 is 9.53 Å². The van der Waals surface area contributed by atoms with Gasteiger partial charge in [-0.25, -0.2) is 0 Å². The molecule has 0 fully saturated rings. The summed E-state index contributed by atoms with van der Waals surface area (Å²) in [5.74, 6) is 0.432. The van der Waals surface area contributed by atoms with Crippen molar-refractivity contribution in [1.82, 2.24) is 0 Å². The van der Waals surface area contributed by atoms with Crippen LogP contribution in [0.2, 0.25) is 0 Å². The van der Waals surface area contributed by atoms with Crippen molar-refractivity contribution >= 4 is 5.97 Å². The summed E-state index contributed by atoms with van der Waals surface area (Å²) in [6.45, 7) is 4.26. The molecule has 2 nitrogen and oxygen atoms in total. The van der Waals surface area contributed by atoms with Crippen molar-refractivity contribution in [2.24, 2.45) is 5.92 Å². The molecule has 0 heterocycles. The molecule has 0 aliphatic rings. The maximum atomic E-state index is 10.5. The van der Waals surface area contributed by atoms with Gasteiger partial charge in [-0.3, -0.25) is 4.79 Å². The number of ether oxygens (including phenoxy) is 1. The van der Waals surface area contributed by atoms with Crippen LogP contribution >= 0.6 is 0 Å². The van der Waals surface area contributed by atoms with Gasteiger partial charge in [0.15, 0.2) is 0 Å². The molecule has 0 unspecified atom stereocenters. The first-order valence-electron chi connectivity index (χ1n) is 3.58. The van der Waals surface area contributed by atoms with Crippen LogP contribution in [-0.4, -0.2) is 13.1 Å². The molecular weight excluding hydrogens is 128 g/mol. The van der Waals surface area contributed by atoms with Crippen LogP contribution in [0, 0.1) is 12.3 Å². The van der Waals surface area contributed by atoms with E-state index in [-0.39, 0.29) is 5.97 Å². The van der Waals surface area contributed by atoms with Crippen molar-refractivity contribution in [1.29, 1.82) is 0 Å². The Morgan fingerprint density at radius 1 is 1.60 bits per heavy atom. The molecule has 0 atom stereocenters. The Bertz CT molecular complexity index is 97.4. The fourth-order valence-corrected chi connectivity index (χ4v) is 0.618. The second-order valence-corrected chi connectivity index (χ2v) is 2.70. The molecule has 0 bridgehead atoms. The number of carbonyl (C=O) groups excluding carboxylic acids is 1. The van der Waals surface area contributed by atoms with Crippen LogP contribution in [0.25, 0.3) is 0 Å². The summed E-state index contributed by atoms with van der Waals surface area (Å²) >= 11 is 0. The zero-order chi connectivity index (χ0) is 7.98. The Morgan fingerprint density at radius 3 is 2.60 bits per heavy atom. The van der Waals surface area contributed by atoms with Gasteiger partial charge in [0.05, 0.1) is 13.5 Å². The third-order valence-corrected chi connectivity index (χ3v) is 1.26. The van der Waals surface area contributed by atoms with Gasteiger partial charge in [-0.15, -0.1) is 0 Å². The monoisotopic (exact) mass is 143 g/mol. The van der Waals surface area contributed by atoms with Gasteiger partial charge in [0.1, 0.15) is 0 Å². The molecule has 0 aliphatic carbocycles. The first kappa shape index (κ1) is 9.47. The molecule has 2 heteroatoms. The van der Waals surface area contributed by atoms with Gasteiger partial charge in [-0.2, -0.15) is 0 Å². The average Bonchev–Trinajstić information content (AvgIpc) is 1.87. The molecule has 0 saturated carbocycles. The van der Waals surface area contributed by atoms with E-state index in [2.05, 4.69) is 18.6 Å². The Balaban J connectivity index is 3.12. The van der Waals surface area contributed by atoms with Crippen molar-refractivity contribution in [3.63, 3.8) is 0 Å². The minimum absolute atomic E-state index is 0.222. The van der Waals surface area contributed by atoms with Gasteiger partial charge in [0.25, 0.3) is 0 Å². The van der Waals surface area contributed by atoms with Crippen molar-refractivity contribution in [3.05, 3.63) is 6.42 Å². The first-order chi connectivity index (χ1) is 4.66. The van der Waals surface area contributed by atoms with Gasteiger partial charge < -0.3 is 4.74 Å². The standard InChI is InChI=1S/C8H15O2/c1-7(2)5-4-6-8(9)10-3/h6-7H,4-5H2,1-3H3.